The summed E-state index contributed by atoms with van der Waals surface area (Å²) in [5.74, 6) is -0.858. The summed E-state index contributed by atoms with van der Waals surface area (Å²) in [7, 11) is 1.81. The number of carbonyl (C=O) groups excluding carboxylic acids is 2. The maximum Gasteiger partial charge on any atom is 0.416 e. The molecule has 0 bridgehead atoms. The van der Waals surface area contributed by atoms with Crippen molar-refractivity contribution >= 4 is 23.2 Å². The van der Waals surface area contributed by atoms with Crippen LogP contribution in [0, 0.1) is 5.92 Å². The summed E-state index contributed by atoms with van der Waals surface area (Å²) in [5.41, 5.74) is 1.28. The van der Waals surface area contributed by atoms with E-state index in [4.69, 9.17) is 0 Å². The van der Waals surface area contributed by atoms with Crippen LogP contribution in [0.5, 0.6) is 0 Å². The molecule has 0 spiro atoms. The van der Waals surface area contributed by atoms with Gasteiger partial charge in [-0.15, -0.1) is 0 Å². The molecule has 0 atom stereocenters. The Balaban J connectivity index is 1.53. The zero-order chi connectivity index (χ0) is 17.1. The summed E-state index contributed by atoms with van der Waals surface area (Å²) in [6.45, 7) is 1.60. The van der Waals surface area contributed by atoms with Gasteiger partial charge in [0.1, 0.15) is 12.0 Å². The number of likely N-dealkylation sites (tertiary alicyclic amines) is 1. The van der Waals surface area contributed by atoms with E-state index in [-0.39, 0.29) is 23.4 Å². The lowest BCUT2D eigenvalue weighted by molar-refractivity contribution is -0.136. The van der Waals surface area contributed by atoms with Crippen molar-refractivity contribution in [3.63, 3.8) is 0 Å². The number of thiophene rings is 1. The lowest BCUT2D eigenvalue weighted by Crippen LogP contribution is -2.43. The van der Waals surface area contributed by atoms with Crippen molar-refractivity contribution in [3.8, 4) is 0 Å². The molecular formula is C16H19N3O4S. The van der Waals surface area contributed by atoms with E-state index < -0.39 is 5.76 Å². The second kappa shape index (κ2) is 7.04. The van der Waals surface area contributed by atoms with E-state index in [0.29, 0.717) is 32.5 Å². The van der Waals surface area contributed by atoms with Gasteiger partial charge in [-0.1, -0.05) is 0 Å². The van der Waals surface area contributed by atoms with Gasteiger partial charge in [0.2, 0.25) is 5.91 Å². The number of nitrogens with zero attached hydrogens (tertiary/aromatic N) is 2. The van der Waals surface area contributed by atoms with Crippen LogP contribution in [0.3, 0.4) is 0 Å². The molecule has 1 fully saturated rings. The van der Waals surface area contributed by atoms with Gasteiger partial charge in [0.15, 0.2) is 0 Å². The third-order valence-corrected chi connectivity index (χ3v) is 4.99. The molecule has 2 aromatic rings. The fourth-order valence-electron chi connectivity index (χ4n) is 2.93. The highest BCUT2D eigenvalue weighted by Gasteiger charge is 2.30. The summed E-state index contributed by atoms with van der Waals surface area (Å²) in [6, 6.07) is 2.02. The molecule has 1 aliphatic heterocycles. The predicted octanol–water partition coefficient (Wildman–Crippen LogP) is 1.54. The molecular weight excluding hydrogens is 330 g/mol. The van der Waals surface area contributed by atoms with Crippen LogP contribution in [0.2, 0.25) is 0 Å². The van der Waals surface area contributed by atoms with E-state index in [2.05, 4.69) is 9.40 Å². The Hall–Kier alpha value is -2.35. The number of hydrogen-bond donors (Lipinski definition) is 1. The minimum Gasteiger partial charge on any atom is -0.416 e. The Morgan fingerprint density at radius 1 is 1.42 bits per heavy atom. The van der Waals surface area contributed by atoms with Crippen LogP contribution in [0.4, 0.5) is 0 Å². The lowest BCUT2D eigenvalue weighted by atomic mass is 9.95. The van der Waals surface area contributed by atoms with Crippen LogP contribution in [0.25, 0.3) is 0 Å². The molecule has 3 rings (SSSR count). The minimum atomic E-state index is -0.640. The van der Waals surface area contributed by atoms with E-state index in [0.717, 1.165) is 11.8 Å². The van der Waals surface area contributed by atoms with Crippen molar-refractivity contribution in [1.82, 2.24) is 14.8 Å². The number of H-pyrrole nitrogens is 1. The van der Waals surface area contributed by atoms with Crippen molar-refractivity contribution in [2.75, 3.05) is 20.1 Å². The molecule has 2 amide bonds. The SMILES string of the molecule is CN(Cc1ccsc1)C(=O)C1CCN(C(=O)c2coc(=O)[nH]2)CC1. The maximum atomic E-state index is 12.5. The van der Waals surface area contributed by atoms with Gasteiger partial charge in [-0.25, -0.2) is 4.79 Å². The van der Waals surface area contributed by atoms with Gasteiger partial charge in [0.25, 0.3) is 5.91 Å². The molecule has 1 N–H and O–H groups in total. The quantitative estimate of drug-likeness (QED) is 0.907. The Labute approximate surface area is 142 Å². The molecule has 1 aliphatic rings. The fourth-order valence-corrected chi connectivity index (χ4v) is 3.59. The van der Waals surface area contributed by atoms with Crippen molar-refractivity contribution in [2.45, 2.75) is 19.4 Å². The highest BCUT2D eigenvalue weighted by atomic mass is 32.1. The lowest BCUT2D eigenvalue weighted by Gasteiger charge is -2.32. The number of carbonyl (C=O) groups is 2. The molecule has 1 saturated heterocycles. The normalized spacial score (nSPS) is 15.5. The molecule has 0 saturated carbocycles. The van der Waals surface area contributed by atoms with Crippen LogP contribution in [0.1, 0.15) is 28.9 Å². The Bertz CT molecular complexity index is 756. The summed E-state index contributed by atoms with van der Waals surface area (Å²) in [5, 5.41) is 4.04. The molecule has 0 radical (unpaired) electrons. The van der Waals surface area contributed by atoms with Crippen LogP contribution >= 0.6 is 11.3 Å². The van der Waals surface area contributed by atoms with Gasteiger partial charge in [-0.05, 0) is 35.2 Å². The average Bonchev–Trinajstić information content (AvgIpc) is 3.25. The maximum absolute atomic E-state index is 12.5. The van der Waals surface area contributed by atoms with E-state index >= 15 is 0 Å². The van der Waals surface area contributed by atoms with Crippen molar-refractivity contribution in [3.05, 3.63) is 44.9 Å². The molecule has 128 valence electrons. The summed E-state index contributed by atoms with van der Waals surface area (Å²) in [6.07, 6.45) is 2.39. The number of rotatable bonds is 4. The smallest absolute Gasteiger partial charge is 0.416 e. The Morgan fingerprint density at radius 3 is 2.75 bits per heavy atom. The third kappa shape index (κ3) is 3.59. The molecule has 2 aromatic heterocycles. The number of hydrogen-bond acceptors (Lipinski definition) is 5. The van der Waals surface area contributed by atoms with Gasteiger partial charge in [0, 0.05) is 32.6 Å². The number of aromatic nitrogens is 1. The summed E-state index contributed by atoms with van der Waals surface area (Å²) < 4.78 is 4.60. The number of piperidine rings is 1. The number of nitrogens with one attached hydrogen (secondary N) is 1. The second-order valence-electron chi connectivity index (χ2n) is 5.95. The molecule has 7 nitrogen and oxygen atoms in total. The summed E-state index contributed by atoms with van der Waals surface area (Å²) >= 11 is 1.62. The van der Waals surface area contributed by atoms with Gasteiger partial charge >= 0.3 is 5.76 Å². The Morgan fingerprint density at radius 2 is 2.17 bits per heavy atom. The molecule has 8 heteroatoms. The predicted molar refractivity (Wildman–Crippen MR) is 88.7 cm³/mol. The van der Waals surface area contributed by atoms with Crippen LogP contribution < -0.4 is 5.76 Å². The van der Waals surface area contributed by atoms with E-state index in [9.17, 15) is 14.4 Å². The monoisotopic (exact) mass is 349 g/mol. The van der Waals surface area contributed by atoms with Crippen molar-refractivity contribution < 1.29 is 14.0 Å². The zero-order valence-electron chi connectivity index (χ0n) is 13.4. The first-order chi connectivity index (χ1) is 11.5. The van der Waals surface area contributed by atoms with Gasteiger partial charge < -0.3 is 14.2 Å². The molecule has 0 aliphatic carbocycles. The van der Waals surface area contributed by atoms with E-state index in [1.54, 1.807) is 21.1 Å². The number of amides is 2. The Kier molecular flexibility index (Phi) is 4.84. The first-order valence-electron chi connectivity index (χ1n) is 7.77. The number of oxazole rings is 1. The van der Waals surface area contributed by atoms with Gasteiger partial charge in [-0.2, -0.15) is 11.3 Å². The van der Waals surface area contributed by atoms with Crippen LogP contribution in [0.15, 0.2) is 32.3 Å². The third-order valence-electron chi connectivity index (χ3n) is 4.26. The highest BCUT2D eigenvalue weighted by molar-refractivity contribution is 7.07. The minimum absolute atomic E-state index is 0.0684. The standard InChI is InChI=1S/C16H19N3O4S/c1-18(8-11-4-7-24-10-11)14(20)12-2-5-19(6-3-12)15(21)13-9-23-16(22)17-13/h4,7,9-10,12H,2-3,5-6,8H2,1H3,(H,17,22). The second-order valence-corrected chi connectivity index (χ2v) is 6.73. The van der Waals surface area contributed by atoms with E-state index in [1.165, 1.54) is 0 Å². The molecule has 0 aromatic carbocycles. The molecule has 3 heterocycles. The van der Waals surface area contributed by atoms with Gasteiger partial charge in [-0.3, -0.25) is 14.6 Å². The topological polar surface area (TPSA) is 86.6 Å². The first-order valence-corrected chi connectivity index (χ1v) is 8.72. The first kappa shape index (κ1) is 16.5. The molecule has 0 unspecified atom stereocenters. The van der Waals surface area contributed by atoms with Crippen LogP contribution in [-0.2, 0) is 11.3 Å². The van der Waals surface area contributed by atoms with Crippen LogP contribution in [-0.4, -0.2) is 46.7 Å². The van der Waals surface area contributed by atoms with E-state index in [1.807, 2.05) is 23.9 Å². The molecule has 24 heavy (non-hydrogen) atoms. The number of aromatic amines is 1. The highest BCUT2D eigenvalue weighted by Crippen LogP contribution is 2.21. The largest absolute Gasteiger partial charge is 0.416 e. The average molecular weight is 349 g/mol. The fraction of sp³-hybridized carbons (Fsp3) is 0.438. The van der Waals surface area contributed by atoms with Crippen molar-refractivity contribution in [2.24, 2.45) is 5.92 Å². The van der Waals surface area contributed by atoms with Gasteiger partial charge in [0.05, 0.1) is 0 Å². The zero-order valence-corrected chi connectivity index (χ0v) is 14.2. The summed E-state index contributed by atoms with van der Waals surface area (Å²) in [4.78, 5) is 41.5. The van der Waals surface area contributed by atoms with Crippen molar-refractivity contribution in [1.29, 1.82) is 0 Å².